The highest BCUT2D eigenvalue weighted by Gasteiger charge is 2.21. The van der Waals surface area contributed by atoms with E-state index in [-0.39, 0.29) is 11.5 Å². The fraction of sp³-hybridized carbons (Fsp3) is 0.333. The van der Waals surface area contributed by atoms with Crippen LogP contribution in [0.1, 0.15) is 12.5 Å². The zero-order valence-corrected chi connectivity index (χ0v) is 8.80. The molecule has 1 heterocycles. The van der Waals surface area contributed by atoms with Gasteiger partial charge < -0.3 is 10.4 Å². The molecular formula is C9H11N3O4. The summed E-state index contributed by atoms with van der Waals surface area (Å²) in [6.07, 6.45) is 1.39. The predicted molar refractivity (Wildman–Crippen MR) is 56.3 cm³/mol. The van der Waals surface area contributed by atoms with E-state index in [4.69, 9.17) is 5.11 Å². The van der Waals surface area contributed by atoms with Crippen LogP contribution in [-0.2, 0) is 4.79 Å². The van der Waals surface area contributed by atoms with Crippen LogP contribution in [0.2, 0.25) is 0 Å². The number of hydrogen-bond acceptors (Lipinski definition) is 5. The molecule has 1 aromatic heterocycles. The molecule has 1 rings (SSSR count). The predicted octanol–water partition coefficient (Wildman–Crippen LogP) is 1.18. The molecule has 0 fully saturated rings. The van der Waals surface area contributed by atoms with Gasteiger partial charge in [-0.1, -0.05) is 0 Å². The molecule has 0 aromatic carbocycles. The van der Waals surface area contributed by atoms with E-state index in [2.05, 4.69) is 10.3 Å². The number of aromatic nitrogens is 1. The molecule has 1 aromatic rings. The summed E-state index contributed by atoms with van der Waals surface area (Å²) in [6.45, 7) is 2.95. The fourth-order valence-corrected chi connectivity index (χ4v) is 1.15. The van der Waals surface area contributed by atoms with E-state index in [0.717, 1.165) is 0 Å². The molecule has 86 valence electrons. The SMILES string of the molecule is Cc1ccnc(NC(C)C(=O)O)c1[N+](=O)[O-]. The topological polar surface area (TPSA) is 105 Å². The average Bonchev–Trinajstić information content (AvgIpc) is 2.16. The van der Waals surface area contributed by atoms with Crippen LogP contribution in [0.3, 0.4) is 0 Å². The van der Waals surface area contributed by atoms with Gasteiger partial charge in [0, 0.05) is 11.8 Å². The molecule has 0 spiro atoms. The van der Waals surface area contributed by atoms with E-state index in [1.54, 1.807) is 6.92 Å². The lowest BCUT2D eigenvalue weighted by atomic mass is 10.2. The molecule has 0 amide bonds. The van der Waals surface area contributed by atoms with Gasteiger partial charge in [-0.05, 0) is 19.9 Å². The van der Waals surface area contributed by atoms with Crippen LogP contribution in [0.4, 0.5) is 11.5 Å². The first-order valence-electron chi connectivity index (χ1n) is 4.53. The van der Waals surface area contributed by atoms with Gasteiger partial charge in [-0.25, -0.2) is 4.98 Å². The Bertz CT molecular complexity index is 433. The molecule has 0 aliphatic rings. The molecule has 16 heavy (non-hydrogen) atoms. The highest BCUT2D eigenvalue weighted by atomic mass is 16.6. The van der Waals surface area contributed by atoms with Crippen LogP contribution in [0.15, 0.2) is 12.3 Å². The zero-order chi connectivity index (χ0) is 12.3. The minimum absolute atomic E-state index is 0.0279. The molecule has 7 nitrogen and oxygen atoms in total. The molecule has 0 saturated carbocycles. The van der Waals surface area contributed by atoms with E-state index in [0.29, 0.717) is 5.56 Å². The Balaban J connectivity index is 3.09. The first-order chi connectivity index (χ1) is 7.43. The third-order valence-electron chi connectivity index (χ3n) is 2.03. The van der Waals surface area contributed by atoms with Crippen LogP contribution >= 0.6 is 0 Å². The van der Waals surface area contributed by atoms with Gasteiger partial charge in [0.25, 0.3) is 0 Å². The van der Waals surface area contributed by atoms with Gasteiger partial charge in [0.05, 0.1) is 4.92 Å². The normalized spacial score (nSPS) is 11.9. The van der Waals surface area contributed by atoms with Crippen molar-refractivity contribution in [3.8, 4) is 0 Å². The number of carboxylic acids is 1. The summed E-state index contributed by atoms with van der Waals surface area (Å²) in [5.41, 5.74) is 0.232. The Kier molecular flexibility index (Phi) is 3.39. The molecule has 0 aliphatic carbocycles. The number of carbonyl (C=O) groups is 1. The Hall–Kier alpha value is -2.18. The van der Waals surface area contributed by atoms with Crippen molar-refractivity contribution < 1.29 is 14.8 Å². The molecular weight excluding hydrogens is 214 g/mol. The van der Waals surface area contributed by atoms with Crippen LogP contribution in [0.25, 0.3) is 0 Å². The van der Waals surface area contributed by atoms with Gasteiger partial charge >= 0.3 is 11.7 Å². The maximum Gasteiger partial charge on any atom is 0.325 e. The summed E-state index contributed by atoms with van der Waals surface area (Å²) < 4.78 is 0. The summed E-state index contributed by atoms with van der Waals surface area (Å²) in [6, 6.07) is 0.558. The first kappa shape index (κ1) is 11.9. The standard InChI is InChI=1S/C9H11N3O4/c1-5-3-4-10-8(7(5)12(15)16)11-6(2)9(13)14/h3-4,6H,1-2H3,(H,10,11)(H,13,14). The Morgan fingerprint density at radius 1 is 1.69 bits per heavy atom. The maximum atomic E-state index is 10.8. The number of aryl methyl sites for hydroxylation is 1. The van der Waals surface area contributed by atoms with E-state index < -0.39 is 16.9 Å². The molecule has 0 radical (unpaired) electrons. The lowest BCUT2D eigenvalue weighted by Gasteiger charge is -2.10. The van der Waals surface area contributed by atoms with Crippen molar-refractivity contribution in [1.82, 2.24) is 4.98 Å². The van der Waals surface area contributed by atoms with Crippen LogP contribution in [-0.4, -0.2) is 27.0 Å². The summed E-state index contributed by atoms with van der Waals surface area (Å²) in [5.74, 6) is -1.13. The van der Waals surface area contributed by atoms with Gasteiger partial charge in [0.15, 0.2) is 0 Å². The summed E-state index contributed by atoms with van der Waals surface area (Å²) >= 11 is 0. The highest BCUT2D eigenvalue weighted by molar-refractivity contribution is 5.77. The minimum Gasteiger partial charge on any atom is -0.480 e. The monoisotopic (exact) mass is 225 g/mol. The zero-order valence-electron chi connectivity index (χ0n) is 8.80. The number of pyridine rings is 1. The Labute approximate surface area is 91.3 Å². The van der Waals surface area contributed by atoms with Crippen molar-refractivity contribution in [3.63, 3.8) is 0 Å². The molecule has 1 atom stereocenters. The second-order valence-corrected chi connectivity index (χ2v) is 3.29. The summed E-state index contributed by atoms with van der Waals surface area (Å²) in [7, 11) is 0. The third kappa shape index (κ3) is 2.44. The Morgan fingerprint density at radius 3 is 2.81 bits per heavy atom. The number of anilines is 1. The smallest absolute Gasteiger partial charge is 0.325 e. The van der Waals surface area contributed by atoms with Gasteiger partial charge in [-0.2, -0.15) is 0 Å². The van der Waals surface area contributed by atoms with Gasteiger partial charge in [-0.15, -0.1) is 0 Å². The molecule has 2 N–H and O–H groups in total. The molecule has 0 aliphatic heterocycles. The average molecular weight is 225 g/mol. The van der Waals surface area contributed by atoms with Crippen molar-refractivity contribution in [1.29, 1.82) is 0 Å². The molecule has 0 saturated heterocycles. The quantitative estimate of drug-likeness (QED) is 0.588. The van der Waals surface area contributed by atoms with Crippen LogP contribution in [0.5, 0.6) is 0 Å². The van der Waals surface area contributed by atoms with E-state index in [1.807, 2.05) is 0 Å². The van der Waals surface area contributed by atoms with E-state index >= 15 is 0 Å². The number of carboxylic acid groups (broad SMARTS) is 1. The summed E-state index contributed by atoms with van der Waals surface area (Å²) in [5, 5.41) is 21.9. The van der Waals surface area contributed by atoms with Crippen molar-refractivity contribution in [3.05, 3.63) is 27.9 Å². The van der Waals surface area contributed by atoms with Gasteiger partial charge in [0.2, 0.25) is 5.82 Å². The number of rotatable bonds is 4. The molecule has 1 unspecified atom stereocenters. The number of hydrogen-bond donors (Lipinski definition) is 2. The fourth-order valence-electron chi connectivity index (χ4n) is 1.15. The second kappa shape index (κ2) is 4.56. The first-order valence-corrected chi connectivity index (χ1v) is 4.53. The van der Waals surface area contributed by atoms with E-state index in [1.165, 1.54) is 19.2 Å². The lowest BCUT2D eigenvalue weighted by molar-refractivity contribution is -0.384. The molecule has 0 bridgehead atoms. The van der Waals surface area contributed by atoms with Gasteiger partial charge in [-0.3, -0.25) is 14.9 Å². The van der Waals surface area contributed by atoms with Crippen molar-refractivity contribution in [2.45, 2.75) is 19.9 Å². The van der Waals surface area contributed by atoms with Crippen LogP contribution < -0.4 is 5.32 Å². The molecule has 7 heteroatoms. The third-order valence-corrected chi connectivity index (χ3v) is 2.03. The van der Waals surface area contributed by atoms with Crippen molar-refractivity contribution >= 4 is 17.5 Å². The second-order valence-electron chi connectivity index (χ2n) is 3.29. The highest BCUT2D eigenvalue weighted by Crippen LogP contribution is 2.25. The number of aliphatic carboxylic acids is 1. The largest absolute Gasteiger partial charge is 0.480 e. The van der Waals surface area contributed by atoms with Crippen LogP contribution in [0, 0.1) is 17.0 Å². The number of nitrogens with zero attached hydrogens (tertiary/aromatic N) is 2. The van der Waals surface area contributed by atoms with Crippen molar-refractivity contribution in [2.75, 3.05) is 5.32 Å². The van der Waals surface area contributed by atoms with Gasteiger partial charge in [0.1, 0.15) is 6.04 Å². The number of nitro groups is 1. The Morgan fingerprint density at radius 2 is 2.31 bits per heavy atom. The maximum absolute atomic E-state index is 10.8. The summed E-state index contributed by atoms with van der Waals surface area (Å²) in [4.78, 5) is 24.6. The van der Waals surface area contributed by atoms with E-state index in [9.17, 15) is 14.9 Å². The minimum atomic E-state index is -1.10. The van der Waals surface area contributed by atoms with Crippen molar-refractivity contribution in [2.24, 2.45) is 0 Å². The lowest BCUT2D eigenvalue weighted by Crippen LogP contribution is -2.26. The number of nitrogens with one attached hydrogen (secondary N) is 1.